The van der Waals surface area contributed by atoms with Crippen LogP contribution >= 0.6 is 11.8 Å². The zero-order valence-corrected chi connectivity index (χ0v) is 16.8. The molecule has 2 aromatic rings. The van der Waals surface area contributed by atoms with E-state index in [0.717, 1.165) is 39.3 Å². The minimum Gasteiger partial charge on any atom is -0.339 e. The van der Waals surface area contributed by atoms with E-state index in [4.69, 9.17) is 0 Å². The number of amides is 1. The van der Waals surface area contributed by atoms with Crippen LogP contribution in [0, 0.1) is 0 Å². The lowest BCUT2D eigenvalue weighted by Crippen LogP contribution is -2.48. The predicted molar refractivity (Wildman–Crippen MR) is 105 cm³/mol. The highest BCUT2D eigenvalue weighted by Crippen LogP contribution is 2.15. The lowest BCUT2D eigenvalue weighted by Gasteiger charge is -2.34. The van der Waals surface area contributed by atoms with Crippen molar-refractivity contribution in [2.24, 2.45) is 0 Å². The fraction of sp³-hybridized carbons (Fsp3) is 0.556. The van der Waals surface area contributed by atoms with Crippen LogP contribution < -0.4 is 0 Å². The van der Waals surface area contributed by atoms with Gasteiger partial charge in [0.2, 0.25) is 11.1 Å². The Hall–Kier alpha value is -1.97. The van der Waals surface area contributed by atoms with Gasteiger partial charge in [-0.15, -0.1) is 5.10 Å². The van der Waals surface area contributed by atoms with Gasteiger partial charge in [-0.25, -0.2) is 4.68 Å². The van der Waals surface area contributed by atoms with E-state index < -0.39 is 0 Å². The summed E-state index contributed by atoms with van der Waals surface area (Å²) in [6.45, 7) is 5.89. The number of carbonyl (C=O) groups excluding carboxylic acids is 1. The first-order valence-corrected chi connectivity index (χ1v) is 10.2. The second-order valence-corrected chi connectivity index (χ2v) is 7.86. The van der Waals surface area contributed by atoms with E-state index in [0.29, 0.717) is 17.5 Å². The van der Waals surface area contributed by atoms with Gasteiger partial charge in [-0.2, -0.15) is 0 Å². The highest BCUT2D eigenvalue weighted by atomic mass is 32.2. The molecule has 1 amide bonds. The fourth-order valence-electron chi connectivity index (χ4n) is 2.95. The Balaban J connectivity index is 1.42. The number of tetrazole rings is 1. The van der Waals surface area contributed by atoms with Crippen molar-refractivity contribution in [3.63, 3.8) is 0 Å². The van der Waals surface area contributed by atoms with Gasteiger partial charge in [0.05, 0.1) is 12.3 Å². The molecule has 1 aromatic carbocycles. The van der Waals surface area contributed by atoms with Crippen LogP contribution in [0.4, 0.5) is 0 Å². The molecule has 2 heterocycles. The molecule has 1 aliphatic rings. The van der Waals surface area contributed by atoms with Crippen LogP contribution in [0.25, 0.3) is 0 Å². The first kappa shape index (κ1) is 19.8. The van der Waals surface area contributed by atoms with Crippen molar-refractivity contribution in [2.75, 3.05) is 52.6 Å². The van der Waals surface area contributed by atoms with Crippen LogP contribution in [-0.4, -0.2) is 93.4 Å². The zero-order chi connectivity index (χ0) is 19.1. The third kappa shape index (κ3) is 6.02. The van der Waals surface area contributed by atoms with Gasteiger partial charge in [0.1, 0.15) is 0 Å². The Bertz CT molecular complexity index is 714. The topological polar surface area (TPSA) is 70.4 Å². The molecule has 9 heteroatoms. The van der Waals surface area contributed by atoms with Crippen LogP contribution in [0.3, 0.4) is 0 Å². The predicted octanol–water partition coefficient (Wildman–Crippen LogP) is 0.671. The summed E-state index contributed by atoms with van der Waals surface area (Å²) in [7, 11) is 4.02. The van der Waals surface area contributed by atoms with Crippen LogP contribution in [0.2, 0.25) is 0 Å². The molecule has 0 N–H and O–H groups in total. The zero-order valence-electron chi connectivity index (χ0n) is 16.0. The summed E-state index contributed by atoms with van der Waals surface area (Å²) in [5, 5.41) is 12.5. The van der Waals surface area contributed by atoms with Crippen LogP contribution in [0.15, 0.2) is 35.5 Å². The van der Waals surface area contributed by atoms with E-state index in [1.54, 1.807) is 4.68 Å². The van der Waals surface area contributed by atoms with Crippen molar-refractivity contribution in [1.82, 2.24) is 34.9 Å². The average molecular weight is 390 g/mol. The van der Waals surface area contributed by atoms with Crippen molar-refractivity contribution in [3.05, 3.63) is 35.9 Å². The molecule has 8 nitrogen and oxygen atoms in total. The molecule has 0 aliphatic carbocycles. The maximum Gasteiger partial charge on any atom is 0.233 e. The fourth-order valence-corrected chi connectivity index (χ4v) is 3.76. The van der Waals surface area contributed by atoms with Gasteiger partial charge in [-0.3, -0.25) is 9.69 Å². The smallest absolute Gasteiger partial charge is 0.233 e. The van der Waals surface area contributed by atoms with Gasteiger partial charge in [-0.05, 0) is 30.1 Å². The second kappa shape index (κ2) is 9.82. The number of benzene rings is 1. The standard InChI is InChI=1S/C18H27N7OS/c1-22(2)8-13-25-18(19-20-21-25)27-15-17(26)24-11-9-23(10-12-24)14-16-6-4-3-5-7-16/h3-7H,8-15H2,1-2H3. The number of hydrogen-bond acceptors (Lipinski definition) is 7. The Labute approximate surface area is 164 Å². The van der Waals surface area contributed by atoms with Crippen LogP contribution in [0.5, 0.6) is 0 Å². The van der Waals surface area contributed by atoms with Crippen molar-refractivity contribution in [1.29, 1.82) is 0 Å². The highest BCUT2D eigenvalue weighted by molar-refractivity contribution is 7.99. The van der Waals surface area contributed by atoms with Gasteiger partial charge in [0.15, 0.2) is 0 Å². The molecule has 1 aromatic heterocycles. The minimum atomic E-state index is 0.154. The number of carbonyl (C=O) groups is 1. The third-order valence-electron chi connectivity index (χ3n) is 4.56. The quantitative estimate of drug-likeness (QED) is 0.615. The molecule has 3 rings (SSSR count). The summed E-state index contributed by atoms with van der Waals surface area (Å²) in [5.74, 6) is 0.530. The minimum absolute atomic E-state index is 0.154. The molecule has 27 heavy (non-hydrogen) atoms. The van der Waals surface area contributed by atoms with Crippen LogP contribution in [0.1, 0.15) is 5.56 Å². The van der Waals surface area contributed by atoms with E-state index in [1.165, 1.54) is 17.3 Å². The first-order valence-electron chi connectivity index (χ1n) is 9.19. The molecule has 1 aliphatic heterocycles. The number of thioether (sulfide) groups is 1. The Morgan fingerprint density at radius 2 is 1.89 bits per heavy atom. The van der Waals surface area contributed by atoms with Crippen molar-refractivity contribution >= 4 is 17.7 Å². The number of likely N-dealkylation sites (N-methyl/N-ethyl adjacent to an activating group) is 1. The summed E-state index contributed by atoms with van der Waals surface area (Å²) in [5.41, 5.74) is 1.32. The summed E-state index contributed by atoms with van der Waals surface area (Å²) in [4.78, 5) is 19.0. The number of aromatic nitrogens is 4. The molecule has 0 saturated carbocycles. The lowest BCUT2D eigenvalue weighted by molar-refractivity contribution is -0.130. The van der Waals surface area contributed by atoms with Crippen molar-refractivity contribution in [3.8, 4) is 0 Å². The number of nitrogens with zero attached hydrogens (tertiary/aromatic N) is 7. The summed E-state index contributed by atoms with van der Waals surface area (Å²) in [6, 6.07) is 10.5. The highest BCUT2D eigenvalue weighted by Gasteiger charge is 2.22. The maximum absolute atomic E-state index is 12.5. The molecule has 0 unspecified atom stereocenters. The molecule has 1 saturated heterocycles. The molecular weight excluding hydrogens is 362 g/mol. The molecule has 0 spiro atoms. The first-order chi connectivity index (χ1) is 13.1. The van der Waals surface area contributed by atoms with Gasteiger partial charge in [0, 0.05) is 39.3 Å². The monoisotopic (exact) mass is 389 g/mol. The molecule has 0 radical (unpaired) electrons. The summed E-state index contributed by atoms with van der Waals surface area (Å²) >= 11 is 1.41. The summed E-state index contributed by atoms with van der Waals surface area (Å²) in [6.07, 6.45) is 0. The molecular formula is C18H27N7OS. The molecule has 0 bridgehead atoms. The number of hydrogen-bond donors (Lipinski definition) is 0. The van der Waals surface area contributed by atoms with Gasteiger partial charge >= 0.3 is 0 Å². The molecule has 0 atom stereocenters. The molecule has 146 valence electrons. The van der Waals surface area contributed by atoms with E-state index in [-0.39, 0.29) is 5.91 Å². The third-order valence-corrected chi connectivity index (χ3v) is 5.50. The number of piperazine rings is 1. The Morgan fingerprint density at radius 3 is 2.59 bits per heavy atom. The van der Waals surface area contributed by atoms with E-state index >= 15 is 0 Å². The van der Waals surface area contributed by atoms with Gasteiger partial charge in [-0.1, -0.05) is 42.1 Å². The van der Waals surface area contributed by atoms with E-state index in [9.17, 15) is 4.79 Å². The second-order valence-electron chi connectivity index (χ2n) is 6.92. The van der Waals surface area contributed by atoms with Gasteiger partial charge in [0.25, 0.3) is 0 Å². The molecule has 1 fully saturated rings. The summed E-state index contributed by atoms with van der Waals surface area (Å²) < 4.78 is 1.76. The van der Waals surface area contributed by atoms with E-state index in [2.05, 4.69) is 49.6 Å². The van der Waals surface area contributed by atoms with Crippen molar-refractivity contribution < 1.29 is 4.79 Å². The van der Waals surface area contributed by atoms with E-state index in [1.807, 2.05) is 25.1 Å². The van der Waals surface area contributed by atoms with Crippen LogP contribution in [-0.2, 0) is 17.9 Å². The largest absolute Gasteiger partial charge is 0.339 e. The maximum atomic E-state index is 12.5. The number of rotatable bonds is 8. The normalized spacial score (nSPS) is 15.4. The van der Waals surface area contributed by atoms with Crippen molar-refractivity contribution in [2.45, 2.75) is 18.2 Å². The van der Waals surface area contributed by atoms with Gasteiger partial charge < -0.3 is 9.80 Å². The Kier molecular flexibility index (Phi) is 7.19. The SMILES string of the molecule is CN(C)CCn1nnnc1SCC(=O)N1CCN(Cc2ccccc2)CC1. The average Bonchev–Trinajstić information content (AvgIpc) is 3.13. The Morgan fingerprint density at radius 1 is 1.15 bits per heavy atom. The lowest BCUT2D eigenvalue weighted by atomic mass is 10.2.